The maximum absolute atomic E-state index is 12.4. The molecule has 0 radical (unpaired) electrons. The summed E-state index contributed by atoms with van der Waals surface area (Å²) >= 11 is 1.53. The molecule has 1 heterocycles. The molecule has 1 N–H and O–H groups in total. The van der Waals surface area contributed by atoms with E-state index in [9.17, 15) is 14.7 Å². The van der Waals surface area contributed by atoms with Gasteiger partial charge >= 0.3 is 5.97 Å². The van der Waals surface area contributed by atoms with E-state index in [4.69, 9.17) is 0 Å². The summed E-state index contributed by atoms with van der Waals surface area (Å²) in [5.74, 6) is -0.712. The molecule has 0 aromatic heterocycles. The third-order valence-corrected chi connectivity index (χ3v) is 5.03. The monoisotopic (exact) mass is 305 g/mol. The predicted octanol–water partition coefficient (Wildman–Crippen LogP) is 2.77. The van der Waals surface area contributed by atoms with Crippen molar-refractivity contribution in [3.63, 3.8) is 0 Å². The van der Waals surface area contributed by atoms with Crippen LogP contribution in [0.25, 0.3) is 6.08 Å². The number of nitrogens with zero attached hydrogens (tertiary/aromatic N) is 1. The minimum atomic E-state index is -0.934. The number of carboxylic acids is 1. The standard InChI is InChI=1S/C16H19NO3S/c1-3-15-17(13(10-21-15)16(19)20)14(18)9-8-12-7-5-4-6-11(12)2/h4-9,13,15H,3,10H2,1-2H3,(H,19,20). The first kappa shape index (κ1) is 15.6. The van der Waals surface area contributed by atoms with Crippen LogP contribution in [0.4, 0.5) is 0 Å². The Hall–Kier alpha value is -1.75. The van der Waals surface area contributed by atoms with Crippen molar-refractivity contribution in [2.75, 3.05) is 5.75 Å². The number of aliphatic carboxylic acids is 1. The van der Waals surface area contributed by atoms with E-state index in [0.29, 0.717) is 5.75 Å². The van der Waals surface area contributed by atoms with E-state index in [1.807, 2.05) is 38.1 Å². The molecule has 2 rings (SSSR count). The fourth-order valence-corrected chi connectivity index (χ4v) is 3.74. The molecule has 2 atom stereocenters. The smallest absolute Gasteiger partial charge is 0.327 e. The Kier molecular flexibility index (Phi) is 5.07. The van der Waals surface area contributed by atoms with Crippen LogP contribution in [-0.4, -0.2) is 39.1 Å². The van der Waals surface area contributed by atoms with E-state index in [-0.39, 0.29) is 11.3 Å². The zero-order chi connectivity index (χ0) is 15.4. The Balaban J connectivity index is 2.17. The van der Waals surface area contributed by atoms with Crippen LogP contribution in [0.15, 0.2) is 30.3 Å². The molecule has 4 nitrogen and oxygen atoms in total. The fraction of sp³-hybridized carbons (Fsp3) is 0.375. The number of thioether (sulfide) groups is 1. The quantitative estimate of drug-likeness (QED) is 0.869. The minimum absolute atomic E-state index is 0.0554. The highest BCUT2D eigenvalue weighted by Gasteiger charge is 2.39. The highest BCUT2D eigenvalue weighted by atomic mass is 32.2. The Labute approximate surface area is 128 Å². The summed E-state index contributed by atoms with van der Waals surface area (Å²) in [6.45, 7) is 3.94. The van der Waals surface area contributed by atoms with Gasteiger partial charge in [-0.25, -0.2) is 4.79 Å². The average Bonchev–Trinajstić information content (AvgIpc) is 2.90. The summed E-state index contributed by atoms with van der Waals surface area (Å²) in [5, 5.41) is 9.19. The van der Waals surface area contributed by atoms with Gasteiger partial charge in [0.2, 0.25) is 5.91 Å². The van der Waals surface area contributed by atoms with Crippen LogP contribution in [0.2, 0.25) is 0 Å². The second-order valence-corrected chi connectivity index (χ2v) is 6.20. The van der Waals surface area contributed by atoms with Crippen LogP contribution in [0.5, 0.6) is 0 Å². The molecule has 2 unspecified atom stereocenters. The topological polar surface area (TPSA) is 57.6 Å². The van der Waals surface area contributed by atoms with Crippen molar-refractivity contribution < 1.29 is 14.7 Å². The first-order valence-corrected chi connectivity index (χ1v) is 8.00. The number of hydrogen-bond acceptors (Lipinski definition) is 3. The Morgan fingerprint density at radius 2 is 2.14 bits per heavy atom. The summed E-state index contributed by atoms with van der Waals surface area (Å²) in [6, 6.07) is 7.04. The molecule has 5 heteroatoms. The van der Waals surface area contributed by atoms with Crippen molar-refractivity contribution in [3.8, 4) is 0 Å². The van der Waals surface area contributed by atoms with Crippen LogP contribution < -0.4 is 0 Å². The molecule has 112 valence electrons. The SMILES string of the molecule is CCC1SCC(C(=O)O)N1C(=O)C=Cc1ccccc1C. The summed E-state index contributed by atoms with van der Waals surface area (Å²) in [4.78, 5) is 25.1. The predicted molar refractivity (Wildman–Crippen MR) is 85.0 cm³/mol. The lowest BCUT2D eigenvalue weighted by molar-refractivity contribution is -0.147. The third kappa shape index (κ3) is 3.47. The lowest BCUT2D eigenvalue weighted by atomic mass is 10.1. The van der Waals surface area contributed by atoms with E-state index >= 15 is 0 Å². The van der Waals surface area contributed by atoms with Crippen LogP contribution >= 0.6 is 11.8 Å². The number of carbonyl (C=O) groups excluding carboxylic acids is 1. The Morgan fingerprint density at radius 3 is 2.76 bits per heavy atom. The molecule has 1 amide bonds. The molecule has 0 spiro atoms. The molecule has 1 aromatic carbocycles. The summed E-state index contributed by atoms with van der Waals surface area (Å²) in [5.41, 5.74) is 2.05. The Bertz CT molecular complexity index is 570. The number of aryl methyl sites for hydroxylation is 1. The van der Waals surface area contributed by atoms with Crippen molar-refractivity contribution in [1.29, 1.82) is 0 Å². The molecular formula is C16H19NO3S. The molecule has 1 aromatic rings. The molecule has 1 saturated heterocycles. The zero-order valence-electron chi connectivity index (χ0n) is 12.2. The van der Waals surface area contributed by atoms with Crippen LogP contribution in [0.3, 0.4) is 0 Å². The zero-order valence-corrected chi connectivity index (χ0v) is 13.0. The first-order valence-electron chi connectivity index (χ1n) is 6.95. The normalized spacial score (nSPS) is 21.9. The lowest BCUT2D eigenvalue weighted by Gasteiger charge is -2.25. The van der Waals surface area contributed by atoms with Crippen LogP contribution in [0.1, 0.15) is 24.5 Å². The van der Waals surface area contributed by atoms with E-state index < -0.39 is 12.0 Å². The molecular weight excluding hydrogens is 286 g/mol. The molecule has 21 heavy (non-hydrogen) atoms. The maximum Gasteiger partial charge on any atom is 0.327 e. The van der Waals surface area contributed by atoms with Gasteiger partial charge < -0.3 is 10.0 Å². The summed E-state index contributed by atoms with van der Waals surface area (Å²) < 4.78 is 0. The van der Waals surface area contributed by atoms with Crippen molar-refractivity contribution in [2.45, 2.75) is 31.7 Å². The first-order chi connectivity index (χ1) is 10.0. The minimum Gasteiger partial charge on any atom is -0.480 e. The van der Waals surface area contributed by atoms with Gasteiger partial charge in [0.05, 0.1) is 5.37 Å². The van der Waals surface area contributed by atoms with Crippen molar-refractivity contribution in [2.24, 2.45) is 0 Å². The van der Waals surface area contributed by atoms with Crippen molar-refractivity contribution in [3.05, 3.63) is 41.5 Å². The summed E-state index contributed by atoms with van der Waals surface area (Å²) in [7, 11) is 0. The third-order valence-electron chi connectivity index (χ3n) is 3.58. The molecule has 0 bridgehead atoms. The number of benzene rings is 1. The maximum atomic E-state index is 12.4. The van der Waals surface area contributed by atoms with Gasteiger partial charge in [0.1, 0.15) is 6.04 Å². The highest BCUT2D eigenvalue weighted by molar-refractivity contribution is 8.00. The number of carbonyl (C=O) groups is 2. The largest absolute Gasteiger partial charge is 0.480 e. The van der Waals surface area contributed by atoms with Gasteiger partial charge in [-0.2, -0.15) is 0 Å². The number of hydrogen-bond donors (Lipinski definition) is 1. The fourth-order valence-electron chi connectivity index (χ4n) is 2.38. The second kappa shape index (κ2) is 6.80. The van der Waals surface area contributed by atoms with Crippen molar-refractivity contribution in [1.82, 2.24) is 4.90 Å². The number of rotatable bonds is 4. The highest BCUT2D eigenvalue weighted by Crippen LogP contribution is 2.31. The lowest BCUT2D eigenvalue weighted by Crippen LogP contribution is -2.44. The molecule has 1 aliphatic heterocycles. The van der Waals surface area contributed by atoms with E-state index in [1.165, 1.54) is 22.7 Å². The number of carboxylic acid groups (broad SMARTS) is 1. The van der Waals surface area contributed by atoms with Gasteiger partial charge in [-0.1, -0.05) is 31.2 Å². The van der Waals surface area contributed by atoms with Gasteiger partial charge in [0.15, 0.2) is 0 Å². The van der Waals surface area contributed by atoms with Crippen LogP contribution in [-0.2, 0) is 9.59 Å². The van der Waals surface area contributed by atoms with Gasteiger partial charge in [-0.3, -0.25) is 4.79 Å². The Morgan fingerprint density at radius 1 is 1.43 bits per heavy atom. The summed E-state index contributed by atoms with van der Waals surface area (Å²) in [6.07, 6.45) is 3.98. The van der Waals surface area contributed by atoms with E-state index in [0.717, 1.165) is 17.5 Å². The molecule has 0 aliphatic carbocycles. The van der Waals surface area contributed by atoms with Gasteiger partial charge in [0, 0.05) is 11.8 Å². The average molecular weight is 305 g/mol. The number of amides is 1. The molecule has 0 saturated carbocycles. The van der Waals surface area contributed by atoms with Crippen molar-refractivity contribution >= 4 is 29.7 Å². The molecule has 1 aliphatic rings. The van der Waals surface area contributed by atoms with E-state index in [2.05, 4.69) is 0 Å². The van der Waals surface area contributed by atoms with Crippen LogP contribution in [0, 0.1) is 6.92 Å². The van der Waals surface area contributed by atoms with Gasteiger partial charge in [-0.15, -0.1) is 11.8 Å². The van der Waals surface area contributed by atoms with Gasteiger partial charge in [0.25, 0.3) is 0 Å². The van der Waals surface area contributed by atoms with E-state index in [1.54, 1.807) is 6.08 Å². The second-order valence-electron chi connectivity index (χ2n) is 4.99. The van der Waals surface area contributed by atoms with Gasteiger partial charge in [-0.05, 0) is 30.5 Å². The molecule has 1 fully saturated rings.